The Bertz CT molecular complexity index is 914. The maximum atomic E-state index is 12.6. The second-order valence-corrected chi connectivity index (χ2v) is 7.81. The zero-order valence-corrected chi connectivity index (χ0v) is 15.6. The highest BCUT2D eigenvalue weighted by molar-refractivity contribution is 6.31. The van der Waals surface area contributed by atoms with Crippen LogP contribution in [0.2, 0.25) is 5.02 Å². The van der Waals surface area contributed by atoms with Gasteiger partial charge in [-0.3, -0.25) is 14.8 Å². The molecule has 0 unspecified atom stereocenters. The number of nitrogens with zero attached hydrogens (tertiary/aromatic N) is 1. The van der Waals surface area contributed by atoms with Crippen molar-refractivity contribution >= 4 is 23.4 Å². The summed E-state index contributed by atoms with van der Waals surface area (Å²) in [6.45, 7) is 0.769. The number of amides is 2. The Morgan fingerprint density at radius 1 is 1.19 bits per heavy atom. The Kier molecular flexibility index (Phi) is 4.66. The van der Waals surface area contributed by atoms with Crippen LogP contribution in [0.15, 0.2) is 42.5 Å². The lowest BCUT2D eigenvalue weighted by Gasteiger charge is -2.32. The number of nitrogens with one attached hydrogen (secondary N) is 1. The number of halogens is 1. The van der Waals surface area contributed by atoms with Crippen molar-refractivity contribution in [1.29, 1.82) is 0 Å². The van der Waals surface area contributed by atoms with Gasteiger partial charge in [-0.05, 0) is 60.6 Å². The molecule has 2 N–H and O–H groups in total. The molecule has 140 valence electrons. The summed E-state index contributed by atoms with van der Waals surface area (Å²) in [4.78, 5) is 24.8. The summed E-state index contributed by atoms with van der Waals surface area (Å²) in [5, 5.41) is 14.4. The van der Waals surface area contributed by atoms with Crippen LogP contribution < -0.4 is 5.32 Å². The van der Waals surface area contributed by atoms with E-state index in [1.54, 1.807) is 24.3 Å². The number of rotatable bonds is 3. The quantitative estimate of drug-likeness (QED) is 0.629. The van der Waals surface area contributed by atoms with E-state index < -0.39 is 5.91 Å². The van der Waals surface area contributed by atoms with Crippen LogP contribution >= 0.6 is 11.6 Å². The van der Waals surface area contributed by atoms with Crippen molar-refractivity contribution in [1.82, 2.24) is 10.4 Å². The van der Waals surface area contributed by atoms with Gasteiger partial charge in [0.05, 0.1) is 12.0 Å². The van der Waals surface area contributed by atoms with Gasteiger partial charge in [0.1, 0.15) is 0 Å². The molecule has 0 aromatic heterocycles. The van der Waals surface area contributed by atoms with Gasteiger partial charge in [0.2, 0.25) is 5.91 Å². The maximum Gasteiger partial charge on any atom is 0.277 e. The third-order valence-corrected chi connectivity index (χ3v) is 6.11. The zero-order chi connectivity index (χ0) is 19.0. The molecule has 5 nitrogen and oxygen atoms in total. The largest absolute Gasteiger partial charge is 0.356 e. The van der Waals surface area contributed by atoms with E-state index in [-0.39, 0.29) is 17.9 Å². The van der Waals surface area contributed by atoms with Crippen molar-refractivity contribution in [3.63, 3.8) is 0 Å². The van der Waals surface area contributed by atoms with Crippen molar-refractivity contribution in [3.05, 3.63) is 69.7 Å². The normalized spacial score (nSPS) is 21.0. The summed E-state index contributed by atoms with van der Waals surface area (Å²) in [6.07, 6.45) is 3.14. The van der Waals surface area contributed by atoms with Gasteiger partial charge in [0.15, 0.2) is 0 Å². The molecule has 2 amide bonds. The van der Waals surface area contributed by atoms with Crippen LogP contribution in [0.1, 0.15) is 39.9 Å². The fraction of sp³-hybridized carbons (Fsp3) is 0.333. The number of carbonyl (C=O) groups is 2. The fourth-order valence-electron chi connectivity index (χ4n) is 4.12. The van der Waals surface area contributed by atoms with E-state index in [2.05, 4.69) is 5.32 Å². The Hall–Kier alpha value is -2.37. The van der Waals surface area contributed by atoms with Gasteiger partial charge >= 0.3 is 0 Å². The van der Waals surface area contributed by atoms with Crippen LogP contribution in [0.4, 0.5) is 0 Å². The monoisotopic (exact) mass is 384 g/mol. The SMILES string of the molecule is O=C(c1ccc2c(c1)CC[C@@]1(CCNC1=O)C2)N(O)Cc1ccccc1Cl. The first-order valence-electron chi connectivity index (χ1n) is 9.13. The maximum absolute atomic E-state index is 12.6. The smallest absolute Gasteiger partial charge is 0.277 e. The Balaban J connectivity index is 1.51. The molecule has 1 fully saturated rings. The molecule has 1 heterocycles. The second kappa shape index (κ2) is 6.98. The fourth-order valence-corrected chi connectivity index (χ4v) is 4.32. The second-order valence-electron chi connectivity index (χ2n) is 7.40. The molecular formula is C21H21ClN2O3. The number of hydroxylamine groups is 2. The van der Waals surface area contributed by atoms with Crippen molar-refractivity contribution < 1.29 is 14.8 Å². The van der Waals surface area contributed by atoms with Crippen molar-refractivity contribution in [2.24, 2.45) is 5.41 Å². The van der Waals surface area contributed by atoms with Crippen LogP contribution in [0.5, 0.6) is 0 Å². The lowest BCUT2D eigenvalue weighted by molar-refractivity contribution is -0.128. The number of hydrogen-bond acceptors (Lipinski definition) is 3. The predicted molar refractivity (Wildman–Crippen MR) is 102 cm³/mol. The molecule has 1 saturated heterocycles. The molecule has 0 radical (unpaired) electrons. The summed E-state index contributed by atoms with van der Waals surface area (Å²) in [7, 11) is 0. The summed E-state index contributed by atoms with van der Waals surface area (Å²) in [6, 6.07) is 12.6. The molecule has 0 saturated carbocycles. The van der Waals surface area contributed by atoms with Gasteiger partial charge in [-0.15, -0.1) is 0 Å². The standard InChI is InChI=1S/C21H21ClN2O3/c22-18-4-2-1-3-17(18)13-24(27)19(25)15-5-6-16-12-21(8-7-14(16)11-15)9-10-23-20(21)26/h1-6,11,27H,7-10,12-13H2,(H,23,26)/t21-/m1/s1. The minimum atomic E-state index is -0.461. The van der Waals surface area contributed by atoms with Gasteiger partial charge in [-0.1, -0.05) is 35.9 Å². The number of benzene rings is 2. The minimum Gasteiger partial charge on any atom is -0.356 e. The van der Waals surface area contributed by atoms with Crippen molar-refractivity contribution in [3.8, 4) is 0 Å². The number of aryl methyl sites for hydroxylation is 1. The zero-order valence-electron chi connectivity index (χ0n) is 14.9. The number of fused-ring (bicyclic) bond motifs is 1. The van der Waals surface area contributed by atoms with E-state index in [4.69, 9.17) is 11.6 Å². The first kappa shape index (κ1) is 18.0. The summed E-state index contributed by atoms with van der Waals surface area (Å²) >= 11 is 6.10. The predicted octanol–water partition coefficient (Wildman–Crippen LogP) is 3.37. The number of hydrogen-bond donors (Lipinski definition) is 2. The highest BCUT2D eigenvalue weighted by Crippen LogP contribution is 2.41. The number of carbonyl (C=O) groups excluding carboxylic acids is 2. The molecule has 1 atom stereocenters. The third kappa shape index (κ3) is 3.33. The van der Waals surface area contributed by atoms with Gasteiger partial charge in [-0.2, -0.15) is 0 Å². The summed E-state index contributed by atoms with van der Waals surface area (Å²) in [5.41, 5.74) is 3.03. The van der Waals surface area contributed by atoms with Gasteiger partial charge in [-0.25, -0.2) is 5.06 Å². The van der Waals surface area contributed by atoms with Crippen LogP contribution in [-0.4, -0.2) is 28.6 Å². The van der Waals surface area contributed by atoms with Crippen LogP contribution in [0, 0.1) is 5.41 Å². The van der Waals surface area contributed by atoms with E-state index in [0.29, 0.717) is 27.6 Å². The summed E-state index contributed by atoms with van der Waals surface area (Å²) in [5.74, 6) is -0.314. The van der Waals surface area contributed by atoms with Crippen molar-refractivity contribution in [2.45, 2.75) is 32.2 Å². The van der Waals surface area contributed by atoms with E-state index in [1.807, 2.05) is 18.2 Å². The molecule has 0 bridgehead atoms. The van der Waals surface area contributed by atoms with Crippen LogP contribution in [0.25, 0.3) is 0 Å². The lowest BCUT2D eigenvalue weighted by atomic mass is 9.70. The van der Waals surface area contributed by atoms with E-state index in [0.717, 1.165) is 36.9 Å². The van der Waals surface area contributed by atoms with E-state index in [9.17, 15) is 14.8 Å². The lowest BCUT2D eigenvalue weighted by Crippen LogP contribution is -2.36. The molecule has 27 heavy (non-hydrogen) atoms. The highest BCUT2D eigenvalue weighted by atomic mass is 35.5. The molecule has 2 aromatic rings. The van der Waals surface area contributed by atoms with Gasteiger partial charge in [0, 0.05) is 17.1 Å². The average Bonchev–Trinajstić information content (AvgIpc) is 3.02. The first-order valence-corrected chi connectivity index (χ1v) is 9.51. The van der Waals surface area contributed by atoms with Crippen LogP contribution in [-0.2, 0) is 24.2 Å². The Labute approximate surface area is 162 Å². The van der Waals surface area contributed by atoms with E-state index in [1.165, 1.54) is 0 Å². The molecule has 1 aliphatic heterocycles. The van der Waals surface area contributed by atoms with Crippen molar-refractivity contribution in [2.75, 3.05) is 6.54 Å². The topological polar surface area (TPSA) is 69.6 Å². The Morgan fingerprint density at radius 3 is 2.74 bits per heavy atom. The molecule has 1 spiro atoms. The molecule has 1 aliphatic carbocycles. The molecule has 4 rings (SSSR count). The highest BCUT2D eigenvalue weighted by Gasteiger charge is 2.44. The van der Waals surface area contributed by atoms with Gasteiger partial charge in [0.25, 0.3) is 5.91 Å². The van der Waals surface area contributed by atoms with E-state index >= 15 is 0 Å². The molecule has 2 aliphatic rings. The van der Waals surface area contributed by atoms with Crippen LogP contribution in [0.3, 0.4) is 0 Å². The molecule has 6 heteroatoms. The average molecular weight is 385 g/mol. The first-order chi connectivity index (χ1) is 13.0. The summed E-state index contributed by atoms with van der Waals surface area (Å²) < 4.78 is 0. The molecule has 2 aromatic carbocycles. The molecular weight excluding hydrogens is 364 g/mol. The minimum absolute atomic E-state index is 0.0267. The third-order valence-electron chi connectivity index (χ3n) is 5.74. The Morgan fingerprint density at radius 2 is 2.00 bits per heavy atom. The van der Waals surface area contributed by atoms with Gasteiger partial charge < -0.3 is 5.32 Å².